The van der Waals surface area contributed by atoms with E-state index >= 15 is 0 Å². The smallest absolute Gasteiger partial charge is 0.348 e. The van der Waals surface area contributed by atoms with Gasteiger partial charge < -0.3 is 10.1 Å². The fourth-order valence-electron chi connectivity index (χ4n) is 2.86. The Labute approximate surface area is 186 Å². The summed E-state index contributed by atoms with van der Waals surface area (Å²) < 4.78 is 32.5. The molecule has 12 heteroatoms. The number of aryl methyl sites for hydroxylation is 1. The highest BCUT2D eigenvalue weighted by Crippen LogP contribution is 2.35. The number of ether oxygens (including phenoxy) is 1. The van der Waals surface area contributed by atoms with Crippen molar-refractivity contribution in [3.63, 3.8) is 0 Å². The van der Waals surface area contributed by atoms with Crippen LogP contribution in [0.25, 0.3) is 10.2 Å². The number of anilines is 3. The van der Waals surface area contributed by atoms with Crippen molar-refractivity contribution in [2.75, 3.05) is 16.6 Å². The monoisotopic (exact) mass is 475 g/mol. The number of sulfonamides is 1. The Morgan fingerprint density at radius 3 is 2.61 bits per heavy atom. The summed E-state index contributed by atoms with van der Waals surface area (Å²) in [5, 5.41) is 5.88. The standard InChI is InChI=1S/C19H17N5O4S3/c1-3-28-18(25)15-11(2)14-16(21-10-22-17(14)30-15)23-12-4-6-13(7-5-12)31(26,27)24-19-20-8-9-29-19/h4-10H,3H2,1-2H3,(H,20,24)(H,21,22,23). The molecule has 0 atom stereocenters. The zero-order chi connectivity index (χ0) is 22.0. The molecule has 1 aromatic carbocycles. The van der Waals surface area contributed by atoms with Crippen LogP contribution in [-0.4, -0.2) is 35.9 Å². The van der Waals surface area contributed by atoms with Crippen LogP contribution in [-0.2, 0) is 14.8 Å². The molecule has 9 nitrogen and oxygen atoms in total. The first-order valence-corrected chi connectivity index (χ1v) is 12.3. The number of carbonyl (C=O) groups is 1. The highest BCUT2D eigenvalue weighted by molar-refractivity contribution is 7.93. The first-order chi connectivity index (χ1) is 14.9. The third kappa shape index (κ3) is 4.36. The molecule has 0 bridgehead atoms. The van der Waals surface area contributed by atoms with E-state index in [0.29, 0.717) is 26.3 Å². The maximum Gasteiger partial charge on any atom is 0.348 e. The molecule has 31 heavy (non-hydrogen) atoms. The number of nitrogens with zero attached hydrogens (tertiary/aromatic N) is 3. The first-order valence-electron chi connectivity index (χ1n) is 9.09. The van der Waals surface area contributed by atoms with E-state index in [9.17, 15) is 13.2 Å². The molecule has 3 aromatic heterocycles. The number of hydrogen-bond acceptors (Lipinski definition) is 10. The molecule has 3 heterocycles. The second-order valence-electron chi connectivity index (χ2n) is 6.27. The summed E-state index contributed by atoms with van der Waals surface area (Å²) in [6.07, 6.45) is 2.93. The Balaban J connectivity index is 1.60. The van der Waals surface area contributed by atoms with Crippen molar-refractivity contribution in [1.29, 1.82) is 0 Å². The van der Waals surface area contributed by atoms with Crippen molar-refractivity contribution >= 4 is 65.5 Å². The van der Waals surface area contributed by atoms with Gasteiger partial charge in [0.25, 0.3) is 10.0 Å². The number of aromatic nitrogens is 3. The lowest BCUT2D eigenvalue weighted by molar-refractivity contribution is 0.0531. The van der Waals surface area contributed by atoms with Gasteiger partial charge in [-0.2, -0.15) is 0 Å². The Morgan fingerprint density at radius 1 is 1.16 bits per heavy atom. The molecule has 0 amide bonds. The van der Waals surface area contributed by atoms with E-state index in [1.165, 1.54) is 47.3 Å². The van der Waals surface area contributed by atoms with Crippen molar-refractivity contribution in [2.24, 2.45) is 0 Å². The van der Waals surface area contributed by atoms with Gasteiger partial charge in [0.15, 0.2) is 5.13 Å². The van der Waals surface area contributed by atoms with E-state index in [2.05, 4.69) is 25.0 Å². The number of carbonyl (C=O) groups excluding carboxylic acids is 1. The summed E-state index contributed by atoms with van der Waals surface area (Å²) in [6.45, 7) is 3.86. The average Bonchev–Trinajstić information content (AvgIpc) is 3.36. The molecule has 0 spiro atoms. The molecule has 2 N–H and O–H groups in total. The Hall–Kier alpha value is -3.09. The van der Waals surface area contributed by atoms with Gasteiger partial charge in [-0.3, -0.25) is 4.72 Å². The van der Waals surface area contributed by atoms with Gasteiger partial charge >= 0.3 is 5.97 Å². The fourth-order valence-corrected chi connectivity index (χ4v) is 5.69. The number of esters is 1. The molecule has 4 aromatic rings. The lowest BCUT2D eigenvalue weighted by Gasteiger charge is -2.09. The summed E-state index contributed by atoms with van der Waals surface area (Å²) in [6, 6.07) is 6.25. The minimum atomic E-state index is -3.73. The van der Waals surface area contributed by atoms with Crippen LogP contribution in [0.1, 0.15) is 22.2 Å². The van der Waals surface area contributed by atoms with Gasteiger partial charge in [0.2, 0.25) is 0 Å². The molecule has 4 rings (SSSR count). The van der Waals surface area contributed by atoms with Crippen molar-refractivity contribution in [1.82, 2.24) is 15.0 Å². The van der Waals surface area contributed by atoms with Gasteiger partial charge in [0, 0.05) is 17.3 Å². The summed E-state index contributed by atoms with van der Waals surface area (Å²) in [5.41, 5.74) is 1.37. The van der Waals surface area contributed by atoms with Crippen LogP contribution in [0.3, 0.4) is 0 Å². The predicted octanol–water partition coefficient (Wildman–Crippen LogP) is 4.18. The molecular weight excluding hydrogens is 458 g/mol. The second-order valence-corrected chi connectivity index (χ2v) is 9.85. The van der Waals surface area contributed by atoms with E-state index < -0.39 is 16.0 Å². The summed E-state index contributed by atoms with van der Waals surface area (Å²) in [4.78, 5) is 25.9. The summed E-state index contributed by atoms with van der Waals surface area (Å²) >= 11 is 2.44. The summed E-state index contributed by atoms with van der Waals surface area (Å²) in [5.74, 6) is 0.127. The van der Waals surface area contributed by atoms with Crippen LogP contribution < -0.4 is 10.0 Å². The maximum atomic E-state index is 12.5. The molecule has 160 valence electrons. The zero-order valence-corrected chi connectivity index (χ0v) is 18.9. The van der Waals surface area contributed by atoms with Crippen molar-refractivity contribution in [3.05, 3.63) is 52.6 Å². The number of nitrogens with one attached hydrogen (secondary N) is 2. The fraction of sp³-hybridized carbons (Fsp3) is 0.158. The number of thiophene rings is 1. The number of rotatable bonds is 7. The first kappa shape index (κ1) is 21.2. The van der Waals surface area contributed by atoms with E-state index in [-0.39, 0.29) is 11.5 Å². The van der Waals surface area contributed by atoms with Crippen LogP contribution in [0.4, 0.5) is 16.6 Å². The zero-order valence-electron chi connectivity index (χ0n) is 16.4. The SMILES string of the molecule is CCOC(=O)c1sc2ncnc(Nc3ccc(S(=O)(=O)Nc4nccs4)cc3)c2c1C. The highest BCUT2D eigenvalue weighted by Gasteiger charge is 2.20. The van der Waals surface area contributed by atoms with E-state index in [4.69, 9.17) is 4.74 Å². The highest BCUT2D eigenvalue weighted by atomic mass is 32.2. The van der Waals surface area contributed by atoms with Gasteiger partial charge in [0.1, 0.15) is 21.9 Å². The molecule has 0 saturated heterocycles. The number of benzene rings is 1. The Morgan fingerprint density at radius 2 is 1.94 bits per heavy atom. The third-order valence-corrected chi connectivity index (χ3v) is 7.62. The van der Waals surface area contributed by atoms with E-state index in [1.807, 2.05) is 6.92 Å². The van der Waals surface area contributed by atoms with E-state index in [1.54, 1.807) is 24.4 Å². The van der Waals surface area contributed by atoms with Crippen LogP contribution in [0, 0.1) is 6.92 Å². The van der Waals surface area contributed by atoms with Gasteiger partial charge in [0.05, 0.1) is 16.9 Å². The van der Waals surface area contributed by atoms with Crippen LogP contribution in [0.5, 0.6) is 0 Å². The molecule has 0 unspecified atom stereocenters. The molecule has 0 aliphatic heterocycles. The summed E-state index contributed by atoms with van der Waals surface area (Å²) in [7, 11) is -3.73. The van der Waals surface area contributed by atoms with Gasteiger partial charge in [-0.15, -0.1) is 22.7 Å². The topological polar surface area (TPSA) is 123 Å². The second kappa shape index (κ2) is 8.57. The molecule has 0 saturated carbocycles. The van der Waals surface area contributed by atoms with Gasteiger partial charge in [-0.1, -0.05) is 0 Å². The minimum absolute atomic E-state index is 0.109. The molecule has 0 fully saturated rings. The molecule has 0 aliphatic carbocycles. The molecular formula is C19H17N5O4S3. The van der Waals surface area contributed by atoms with E-state index in [0.717, 1.165) is 10.9 Å². The largest absolute Gasteiger partial charge is 0.462 e. The Bertz CT molecular complexity index is 1330. The Kier molecular flexibility index (Phi) is 5.85. The van der Waals surface area contributed by atoms with Crippen molar-refractivity contribution < 1.29 is 17.9 Å². The van der Waals surface area contributed by atoms with Gasteiger partial charge in [-0.25, -0.2) is 28.2 Å². The van der Waals surface area contributed by atoms with Gasteiger partial charge in [-0.05, 0) is 43.7 Å². The lowest BCUT2D eigenvalue weighted by Crippen LogP contribution is -2.12. The average molecular weight is 476 g/mol. The van der Waals surface area contributed by atoms with Crippen LogP contribution >= 0.6 is 22.7 Å². The third-order valence-electron chi connectivity index (χ3n) is 4.27. The van der Waals surface area contributed by atoms with Crippen molar-refractivity contribution in [3.8, 4) is 0 Å². The minimum Gasteiger partial charge on any atom is -0.462 e. The molecule has 0 radical (unpaired) electrons. The van der Waals surface area contributed by atoms with Crippen LogP contribution in [0.2, 0.25) is 0 Å². The van der Waals surface area contributed by atoms with Crippen molar-refractivity contribution in [2.45, 2.75) is 18.7 Å². The number of fused-ring (bicyclic) bond motifs is 1. The predicted molar refractivity (Wildman–Crippen MR) is 121 cm³/mol. The number of thiazole rings is 1. The maximum absolute atomic E-state index is 12.5. The molecule has 0 aliphatic rings. The quantitative estimate of drug-likeness (QED) is 0.382. The normalized spacial score (nSPS) is 11.4. The lowest BCUT2D eigenvalue weighted by atomic mass is 10.2. The van der Waals surface area contributed by atoms with Crippen LogP contribution in [0.15, 0.2) is 47.1 Å². The number of hydrogen-bond donors (Lipinski definition) is 2.